The molecule has 1 N–H and O–H groups in total. The summed E-state index contributed by atoms with van der Waals surface area (Å²) in [5, 5.41) is 11.6. The van der Waals surface area contributed by atoms with Crippen molar-refractivity contribution >= 4 is 5.91 Å². The normalized spacial score (nSPS) is 9.55. The van der Waals surface area contributed by atoms with Crippen molar-refractivity contribution in [2.45, 2.75) is 6.54 Å². The molecule has 0 saturated carbocycles. The summed E-state index contributed by atoms with van der Waals surface area (Å²) >= 11 is 0. The quantitative estimate of drug-likeness (QED) is 0.893. The summed E-state index contributed by atoms with van der Waals surface area (Å²) in [4.78, 5) is 15.6. The Hall–Kier alpha value is -2.87. The highest BCUT2D eigenvalue weighted by molar-refractivity contribution is 5.77. The van der Waals surface area contributed by atoms with E-state index >= 15 is 0 Å². The molecule has 100 valence electrons. The van der Waals surface area contributed by atoms with Crippen LogP contribution in [0.15, 0.2) is 48.8 Å². The van der Waals surface area contributed by atoms with Gasteiger partial charge in [-0.3, -0.25) is 9.78 Å². The van der Waals surface area contributed by atoms with Gasteiger partial charge in [-0.25, -0.2) is 0 Å². The van der Waals surface area contributed by atoms with Gasteiger partial charge in [-0.1, -0.05) is 12.1 Å². The van der Waals surface area contributed by atoms with E-state index in [2.05, 4.69) is 10.3 Å². The number of para-hydroxylation sites is 1. The number of nitrogens with one attached hydrogen (secondary N) is 1. The van der Waals surface area contributed by atoms with Gasteiger partial charge >= 0.3 is 0 Å². The summed E-state index contributed by atoms with van der Waals surface area (Å²) < 4.78 is 5.33. The number of rotatable bonds is 5. The number of benzene rings is 1. The Morgan fingerprint density at radius 3 is 2.75 bits per heavy atom. The predicted octanol–water partition coefficient (Wildman–Crippen LogP) is 1.65. The van der Waals surface area contributed by atoms with Crippen LogP contribution in [0.5, 0.6) is 5.75 Å². The average molecular weight is 267 g/mol. The second-order valence-corrected chi connectivity index (χ2v) is 4.03. The van der Waals surface area contributed by atoms with E-state index in [1.807, 2.05) is 18.2 Å². The molecule has 0 bridgehead atoms. The largest absolute Gasteiger partial charge is 0.482 e. The van der Waals surface area contributed by atoms with Crippen LogP contribution in [0, 0.1) is 11.3 Å². The molecule has 0 fully saturated rings. The Morgan fingerprint density at radius 2 is 2.00 bits per heavy atom. The maximum atomic E-state index is 11.7. The Morgan fingerprint density at radius 1 is 1.25 bits per heavy atom. The van der Waals surface area contributed by atoms with Crippen molar-refractivity contribution in [3.8, 4) is 11.8 Å². The van der Waals surface area contributed by atoms with E-state index in [0.29, 0.717) is 17.9 Å². The molecule has 1 aromatic carbocycles. The smallest absolute Gasteiger partial charge is 0.258 e. The molecule has 0 atom stereocenters. The summed E-state index contributed by atoms with van der Waals surface area (Å²) in [6.07, 6.45) is 3.34. The first kappa shape index (κ1) is 13.6. The number of pyridine rings is 1. The molecule has 5 nitrogen and oxygen atoms in total. The lowest BCUT2D eigenvalue weighted by atomic mass is 10.2. The van der Waals surface area contributed by atoms with Crippen LogP contribution in [0.2, 0.25) is 0 Å². The summed E-state index contributed by atoms with van der Waals surface area (Å²) in [5.74, 6) is 0.170. The van der Waals surface area contributed by atoms with Gasteiger partial charge in [-0.15, -0.1) is 0 Å². The molecule has 5 heteroatoms. The van der Waals surface area contributed by atoms with Gasteiger partial charge in [0.15, 0.2) is 6.61 Å². The Balaban J connectivity index is 1.82. The molecule has 1 heterocycles. The van der Waals surface area contributed by atoms with Crippen LogP contribution in [0.25, 0.3) is 0 Å². The monoisotopic (exact) mass is 267 g/mol. The molecule has 1 aromatic heterocycles. The van der Waals surface area contributed by atoms with E-state index in [9.17, 15) is 4.79 Å². The number of nitriles is 1. The molecule has 20 heavy (non-hydrogen) atoms. The first-order valence-electron chi connectivity index (χ1n) is 6.07. The van der Waals surface area contributed by atoms with Gasteiger partial charge in [0.1, 0.15) is 11.8 Å². The van der Waals surface area contributed by atoms with Gasteiger partial charge in [0.2, 0.25) is 0 Å². The van der Waals surface area contributed by atoms with Gasteiger partial charge in [0, 0.05) is 18.9 Å². The van der Waals surface area contributed by atoms with E-state index < -0.39 is 0 Å². The number of hydrogen-bond acceptors (Lipinski definition) is 4. The van der Waals surface area contributed by atoms with Crippen molar-refractivity contribution < 1.29 is 9.53 Å². The second-order valence-electron chi connectivity index (χ2n) is 4.03. The zero-order valence-corrected chi connectivity index (χ0v) is 10.7. The van der Waals surface area contributed by atoms with Crippen LogP contribution >= 0.6 is 0 Å². The van der Waals surface area contributed by atoms with Crippen LogP contribution in [0.1, 0.15) is 11.1 Å². The van der Waals surface area contributed by atoms with Crippen molar-refractivity contribution in [1.29, 1.82) is 5.26 Å². The number of aromatic nitrogens is 1. The minimum absolute atomic E-state index is 0.121. The fraction of sp³-hybridized carbons (Fsp3) is 0.133. The molecule has 0 radical (unpaired) electrons. The summed E-state index contributed by atoms with van der Waals surface area (Å²) in [6.45, 7) is 0.300. The molecule has 0 unspecified atom stereocenters. The zero-order chi connectivity index (χ0) is 14.2. The predicted molar refractivity (Wildman–Crippen MR) is 72.7 cm³/mol. The van der Waals surface area contributed by atoms with Crippen LogP contribution in [0.3, 0.4) is 0 Å². The summed E-state index contributed by atoms with van der Waals surface area (Å²) in [6, 6.07) is 12.5. The third kappa shape index (κ3) is 3.82. The highest BCUT2D eigenvalue weighted by Crippen LogP contribution is 2.16. The maximum Gasteiger partial charge on any atom is 0.258 e. The van der Waals surface area contributed by atoms with Crippen molar-refractivity contribution in [3.63, 3.8) is 0 Å². The number of nitrogens with zero attached hydrogens (tertiary/aromatic N) is 2. The molecule has 0 saturated heterocycles. The third-order valence-electron chi connectivity index (χ3n) is 2.61. The van der Waals surface area contributed by atoms with Crippen molar-refractivity contribution in [1.82, 2.24) is 10.3 Å². The van der Waals surface area contributed by atoms with E-state index in [1.54, 1.807) is 36.7 Å². The fourth-order valence-corrected chi connectivity index (χ4v) is 1.58. The number of carbonyl (C=O) groups excluding carboxylic acids is 1. The van der Waals surface area contributed by atoms with Crippen LogP contribution in [-0.2, 0) is 11.3 Å². The van der Waals surface area contributed by atoms with Crippen LogP contribution in [0.4, 0.5) is 0 Å². The third-order valence-corrected chi connectivity index (χ3v) is 2.61. The van der Waals surface area contributed by atoms with E-state index in [4.69, 9.17) is 10.00 Å². The lowest BCUT2D eigenvalue weighted by Crippen LogP contribution is -2.28. The number of amides is 1. The number of carbonyl (C=O) groups is 1. The zero-order valence-electron chi connectivity index (χ0n) is 10.7. The number of ether oxygens (including phenoxy) is 1. The standard InChI is InChI=1S/C15H13N3O2/c16-9-13-3-1-2-4-14(13)20-11-15(19)18-10-12-5-7-17-8-6-12/h1-8H,10-11H2,(H,18,19). The first-order valence-corrected chi connectivity index (χ1v) is 6.07. The molecular formula is C15H13N3O2. The van der Waals surface area contributed by atoms with E-state index in [0.717, 1.165) is 5.56 Å². The summed E-state index contributed by atoms with van der Waals surface area (Å²) in [7, 11) is 0. The highest BCUT2D eigenvalue weighted by Gasteiger charge is 2.05. The molecule has 1 amide bonds. The molecule has 2 aromatic rings. The van der Waals surface area contributed by atoms with Gasteiger partial charge in [-0.05, 0) is 29.8 Å². The average Bonchev–Trinajstić information content (AvgIpc) is 2.52. The van der Waals surface area contributed by atoms with Gasteiger partial charge in [0.25, 0.3) is 5.91 Å². The van der Waals surface area contributed by atoms with Crippen molar-refractivity contribution in [2.24, 2.45) is 0 Å². The fourth-order valence-electron chi connectivity index (χ4n) is 1.58. The second kappa shape index (κ2) is 6.90. The van der Waals surface area contributed by atoms with Crippen LogP contribution in [-0.4, -0.2) is 17.5 Å². The lowest BCUT2D eigenvalue weighted by Gasteiger charge is -2.08. The topological polar surface area (TPSA) is 75.0 Å². The molecule has 0 aliphatic carbocycles. The highest BCUT2D eigenvalue weighted by atomic mass is 16.5. The van der Waals surface area contributed by atoms with Gasteiger partial charge < -0.3 is 10.1 Å². The summed E-state index contributed by atoms with van der Waals surface area (Å²) in [5.41, 5.74) is 1.38. The van der Waals surface area contributed by atoms with E-state index in [1.165, 1.54) is 0 Å². The Bertz CT molecular complexity index is 621. The lowest BCUT2D eigenvalue weighted by molar-refractivity contribution is -0.123. The van der Waals surface area contributed by atoms with Crippen molar-refractivity contribution in [3.05, 3.63) is 59.9 Å². The SMILES string of the molecule is N#Cc1ccccc1OCC(=O)NCc1ccncc1. The van der Waals surface area contributed by atoms with Crippen LogP contribution < -0.4 is 10.1 Å². The molecule has 0 spiro atoms. The molecule has 0 aliphatic heterocycles. The minimum atomic E-state index is -0.241. The van der Waals surface area contributed by atoms with Gasteiger partial charge in [0.05, 0.1) is 5.56 Å². The Kier molecular flexibility index (Phi) is 4.68. The van der Waals surface area contributed by atoms with Gasteiger partial charge in [-0.2, -0.15) is 5.26 Å². The molecule has 2 rings (SSSR count). The minimum Gasteiger partial charge on any atom is -0.482 e. The first-order chi connectivity index (χ1) is 9.79. The maximum absolute atomic E-state index is 11.7. The number of hydrogen-bond donors (Lipinski definition) is 1. The van der Waals surface area contributed by atoms with E-state index in [-0.39, 0.29) is 12.5 Å². The molecular weight excluding hydrogens is 254 g/mol. The molecule has 0 aliphatic rings. The van der Waals surface area contributed by atoms with Crippen molar-refractivity contribution in [2.75, 3.05) is 6.61 Å². The Labute approximate surface area is 116 Å².